The Kier molecular flexibility index (Phi) is 11.5. The van der Waals surface area contributed by atoms with Crippen molar-refractivity contribution in [2.45, 2.75) is 70.8 Å². The number of nitrogens with one attached hydrogen (secondary N) is 1. The molecule has 0 radical (unpaired) electrons. The summed E-state index contributed by atoms with van der Waals surface area (Å²) in [6.07, 6.45) is 9.69. The number of phosphoric acid groups is 1. The quantitative estimate of drug-likeness (QED) is 0.324. The lowest BCUT2D eigenvalue weighted by Crippen LogP contribution is -2.31. The van der Waals surface area contributed by atoms with Gasteiger partial charge in [0.05, 0.1) is 12.6 Å². The molecular formula is C19H32NO5P. The summed E-state index contributed by atoms with van der Waals surface area (Å²) >= 11 is 0. The molecule has 0 aromatic heterocycles. The third kappa shape index (κ3) is 11.4. The summed E-state index contributed by atoms with van der Waals surface area (Å²) in [4.78, 5) is 30.0. The molecule has 0 aliphatic carbocycles. The first-order chi connectivity index (χ1) is 12.4. The van der Waals surface area contributed by atoms with Crippen LogP contribution in [0.2, 0.25) is 0 Å². The van der Waals surface area contributed by atoms with E-state index in [0.717, 1.165) is 24.8 Å². The molecule has 148 valence electrons. The van der Waals surface area contributed by atoms with Crippen LogP contribution in [0, 0.1) is 0 Å². The van der Waals surface area contributed by atoms with Gasteiger partial charge < -0.3 is 15.1 Å². The third-order valence-electron chi connectivity index (χ3n) is 4.20. The Morgan fingerprint density at radius 2 is 1.62 bits per heavy atom. The van der Waals surface area contributed by atoms with Gasteiger partial charge in [-0.05, 0) is 12.0 Å². The van der Waals surface area contributed by atoms with E-state index in [1.54, 1.807) is 12.1 Å². The highest BCUT2D eigenvalue weighted by atomic mass is 31.2. The van der Waals surface area contributed by atoms with Crippen LogP contribution in [0.3, 0.4) is 0 Å². The van der Waals surface area contributed by atoms with E-state index in [-0.39, 0.29) is 12.5 Å². The van der Waals surface area contributed by atoms with E-state index in [0.29, 0.717) is 6.42 Å². The first kappa shape index (κ1) is 22.8. The second-order valence-electron chi connectivity index (χ2n) is 6.54. The zero-order valence-electron chi connectivity index (χ0n) is 15.6. The van der Waals surface area contributed by atoms with Gasteiger partial charge in [0.25, 0.3) is 0 Å². The van der Waals surface area contributed by atoms with E-state index in [2.05, 4.69) is 16.8 Å². The highest BCUT2D eigenvalue weighted by Crippen LogP contribution is 2.37. The maximum Gasteiger partial charge on any atom is 0.469 e. The van der Waals surface area contributed by atoms with E-state index >= 15 is 0 Å². The van der Waals surface area contributed by atoms with Crippen molar-refractivity contribution < 1.29 is 23.7 Å². The number of benzene rings is 1. The average molecular weight is 385 g/mol. The predicted molar refractivity (Wildman–Crippen MR) is 103 cm³/mol. The standard InChI is InChI=1S/C19H32NO5P/c1-2-3-4-5-6-7-8-12-15-19(21)20-18(16-25-26(22,23)24)17-13-10-9-11-14-17/h9-11,13-14,18H,2-8,12,15-16H2,1H3,(H,20,21)(H2,22,23,24)/t18-/m1/s1. The number of hydrogen-bond acceptors (Lipinski definition) is 3. The minimum absolute atomic E-state index is 0.126. The largest absolute Gasteiger partial charge is 0.469 e. The van der Waals surface area contributed by atoms with Crippen LogP contribution in [0.1, 0.15) is 76.3 Å². The Bertz CT molecular complexity index is 546. The Morgan fingerprint density at radius 3 is 2.19 bits per heavy atom. The summed E-state index contributed by atoms with van der Waals surface area (Å²) in [5, 5.41) is 2.82. The van der Waals surface area contributed by atoms with Crippen LogP contribution in [0.25, 0.3) is 0 Å². The number of unbranched alkanes of at least 4 members (excludes halogenated alkanes) is 7. The molecule has 1 rings (SSSR count). The summed E-state index contributed by atoms with van der Waals surface area (Å²) < 4.78 is 15.5. The smallest absolute Gasteiger partial charge is 0.347 e. The maximum absolute atomic E-state index is 12.2. The Hall–Kier alpha value is -1.20. The molecule has 26 heavy (non-hydrogen) atoms. The number of carbonyl (C=O) groups excluding carboxylic acids is 1. The molecule has 1 amide bonds. The maximum atomic E-state index is 12.2. The van der Waals surface area contributed by atoms with Crippen molar-refractivity contribution in [1.82, 2.24) is 5.32 Å². The summed E-state index contributed by atoms with van der Waals surface area (Å²) in [5.74, 6) is -0.126. The molecule has 0 saturated carbocycles. The van der Waals surface area contributed by atoms with Crippen LogP contribution in [-0.2, 0) is 13.9 Å². The Labute approximate surface area is 156 Å². The fourth-order valence-corrected chi connectivity index (χ4v) is 3.11. The topological polar surface area (TPSA) is 95.9 Å². The number of amides is 1. The zero-order chi connectivity index (χ0) is 19.3. The molecule has 0 fully saturated rings. The van der Waals surface area contributed by atoms with Gasteiger partial charge in [-0.3, -0.25) is 9.32 Å². The molecule has 0 heterocycles. The molecule has 7 heteroatoms. The highest BCUT2D eigenvalue weighted by molar-refractivity contribution is 7.46. The van der Waals surface area contributed by atoms with Gasteiger partial charge in [-0.2, -0.15) is 0 Å². The molecule has 0 unspecified atom stereocenters. The van der Waals surface area contributed by atoms with Crippen molar-refractivity contribution in [3.8, 4) is 0 Å². The summed E-state index contributed by atoms with van der Waals surface area (Å²) in [6.45, 7) is 1.93. The summed E-state index contributed by atoms with van der Waals surface area (Å²) in [5.41, 5.74) is 0.755. The SMILES string of the molecule is CCCCCCCCCCC(=O)N[C@H](COP(=O)(O)O)c1ccccc1. The van der Waals surface area contributed by atoms with Gasteiger partial charge in [0.1, 0.15) is 0 Å². The minimum atomic E-state index is -4.58. The summed E-state index contributed by atoms with van der Waals surface area (Å²) in [7, 11) is -4.58. The number of hydrogen-bond donors (Lipinski definition) is 3. The van der Waals surface area contributed by atoms with Crippen LogP contribution in [-0.4, -0.2) is 22.3 Å². The van der Waals surface area contributed by atoms with E-state index in [4.69, 9.17) is 9.79 Å². The predicted octanol–water partition coefficient (Wildman–Crippen LogP) is 4.48. The molecule has 0 aliphatic rings. The molecule has 1 aromatic rings. The zero-order valence-corrected chi connectivity index (χ0v) is 16.5. The molecule has 0 saturated heterocycles. The van der Waals surface area contributed by atoms with Gasteiger partial charge in [0.2, 0.25) is 5.91 Å². The molecule has 1 atom stereocenters. The summed E-state index contributed by atoms with van der Waals surface area (Å²) in [6, 6.07) is 8.47. The van der Waals surface area contributed by atoms with Crippen molar-refractivity contribution in [3.63, 3.8) is 0 Å². The number of rotatable bonds is 14. The molecule has 0 spiro atoms. The second kappa shape index (κ2) is 13.0. The van der Waals surface area contributed by atoms with E-state index < -0.39 is 13.9 Å². The lowest BCUT2D eigenvalue weighted by molar-refractivity contribution is -0.122. The monoisotopic (exact) mass is 385 g/mol. The minimum Gasteiger partial charge on any atom is -0.347 e. The normalized spacial score (nSPS) is 12.7. The molecule has 1 aromatic carbocycles. The van der Waals surface area contributed by atoms with Gasteiger partial charge in [-0.25, -0.2) is 4.57 Å². The highest BCUT2D eigenvalue weighted by Gasteiger charge is 2.20. The van der Waals surface area contributed by atoms with Crippen LogP contribution >= 0.6 is 7.82 Å². The Balaban J connectivity index is 2.35. The van der Waals surface area contributed by atoms with Crippen molar-refractivity contribution in [2.24, 2.45) is 0 Å². The van der Waals surface area contributed by atoms with Gasteiger partial charge in [0.15, 0.2) is 0 Å². The number of carbonyl (C=O) groups is 1. The number of phosphoric ester groups is 1. The van der Waals surface area contributed by atoms with Gasteiger partial charge >= 0.3 is 7.82 Å². The third-order valence-corrected chi connectivity index (χ3v) is 4.69. The lowest BCUT2D eigenvalue weighted by Gasteiger charge is -2.19. The van der Waals surface area contributed by atoms with Crippen molar-refractivity contribution in [2.75, 3.05) is 6.61 Å². The van der Waals surface area contributed by atoms with Gasteiger partial charge in [-0.1, -0.05) is 82.2 Å². The molecule has 6 nitrogen and oxygen atoms in total. The van der Waals surface area contributed by atoms with Crippen LogP contribution in [0.4, 0.5) is 0 Å². The van der Waals surface area contributed by atoms with Crippen LogP contribution < -0.4 is 5.32 Å². The molecule has 3 N–H and O–H groups in total. The van der Waals surface area contributed by atoms with E-state index in [1.807, 2.05) is 18.2 Å². The van der Waals surface area contributed by atoms with Crippen molar-refractivity contribution in [3.05, 3.63) is 35.9 Å². The molecule has 0 aliphatic heterocycles. The first-order valence-electron chi connectivity index (χ1n) is 9.46. The van der Waals surface area contributed by atoms with E-state index in [9.17, 15) is 9.36 Å². The van der Waals surface area contributed by atoms with Gasteiger partial charge in [-0.15, -0.1) is 0 Å². The van der Waals surface area contributed by atoms with Crippen molar-refractivity contribution >= 4 is 13.7 Å². The van der Waals surface area contributed by atoms with Crippen LogP contribution in [0.5, 0.6) is 0 Å². The fourth-order valence-electron chi connectivity index (χ4n) is 2.76. The molecule has 0 bridgehead atoms. The van der Waals surface area contributed by atoms with E-state index in [1.165, 1.54) is 32.1 Å². The second-order valence-corrected chi connectivity index (χ2v) is 7.78. The average Bonchev–Trinajstić information content (AvgIpc) is 2.61. The first-order valence-corrected chi connectivity index (χ1v) is 11.0. The molecular weight excluding hydrogens is 353 g/mol. The van der Waals surface area contributed by atoms with Crippen molar-refractivity contribution in [1.29, 1.82) is 0 Å². The van der Waals surface area contributed by atoms with Crippen LogP contribution in [0.15, 0.2) is 30.3 Å². The van der Waals surface area contributed by atoms with Gasteiger partial charge in [0, 0.05) is 6.42 Å². The lowest BCUT2D eigenvalue weighted by atomic mass is 10.1. The Morgan fingerprint density at radius 1 is 1.04 bits per heavy atom. The fraction of sp³-hybridized carbons (Fsp3) is 0.632.